The van der Waals surface area contributed by atoms with Gasteiger partial charge in [-0.1, -0.05) is 70.2 Å². The van der Waals surface area contributed by atoms with Crippen molar-refractivity contribution in [2.75, 3.05) is 11.5 Å². The zero-order valence-electron chi connectivity index (χ0n) is 17.5. The molecule has 2 heteroatoms. The third-order valence-corrected chi connectivity index (χ3v) is 9.24. The molecule has 1 aliphatic heterocycles. The molecule has 0 spiro atoms. The number of benzene rings is 1. The summed E-state index contributed by atoms with van der Waals surface area (Å²) in [5, 5.41) is 0. The van der Waals surface area contributed by atoms with Crippen molar-refractivity contribution < 1.29 is 4.79 Å². The van der Waals surface area contributed by atoms with Crippen molar-refractivity contribution in [1.82, 2.24) is 0 Å². The van der Waals surface area contributed by atoms with Gasteiger partial charge in [0.05, 0.1) is 0 Å². The van der Waals surface area contributed by atoms with Crippen molar-refractivity contribution in [3.05, 3.63) is 35.4 Å². The fraction of sp³-hybridized carbons (Fsp3) is 0.708. The lowest BCUT2D eigenvalue weighted by Gasteiger charge is -2.23. The highest BCUT2D eigenvalue weighted by Crippen LogP contribution is 2.34. The Balaban J connectivity index is 0.000000552. The molecule has 0 aromatic heterocycles. The number of hydrogen-bond donors (Lipinski definition) is 0. The smallest absolute Gasteiger partial charge is 0.217 e. The van der Waals surface area contributed by atoms with E-state index >= 15 is 0 Å². The van der Waals surface area contributed by atoms with Crippen molar-refractivity contribution in [2.45, 2.75) is 96.1 Å². The molecule has 0 atom stereocenters. The number of hydrogen-bond acceptors (Lipinski definition) is 1. The zero-order chi connectivity index (χ0) is 19.0. The first-order chi connectivity index (χ1) is 12.5. The lowest BCUT2D eigenvalue weighted by molar-refractivity contribution is 0.0956. The van der Waals surface area contributed by atoms with E-state index in [9.17, 15) is 4.79 Å². The van der Waals surface area contributed by atoms with Crippen LogP contribution in [0.2, 0.25) is 0 Å². The first-order valence-corrected chi connectivity index (χ1v) is 12.4. The van der Waals surface area contributed by atoms with E-state index in [1.54, 1.807) is 0 Å². The maximum Gasteiger partial charge on any atom is 0.217 e. The van der Waals surface area contributed by atoms with Crippen molar-refractivity contribution in [1.29, 1.82) is 0 Å². The molecule has 1 nitrogen and oxygen atoms in total. The van der Waals surface area contributed by atoms with Crippen LogP contribution < -0.4 is 0 Å². The van der Waals surface area contributed by atoms with E-state index in [0.717, 1.165) is 11.5 Å². The molecule has 146 valence electrons. The van der Waals surface area contributed by atoms with E-state index in [1.807, 2.05) is 0 Å². The number of rotatable bonds is 5. The largest absolute Gasteiger partial charge is 0.288 e. The first kappa shape index (κ1) is 21.5. The maximum atomic E-state index is 12.9. The second-order valence-electron chi connectivity index (χ2n) is 8.40. The lowest BCUT2D eigenvalue weighted by Crippen LogP contribution is -2.41. The van der Waals surface area contributed by atoms with Gasteiger partial charge in [-0.15, -0.1) is 0 Å². The Morgan fingerprint density at radius 2 is 1.46 bits per heavy atom. The van der Waals surface area contributed by atoms with E-state index < -0.39 is 0 Å². The maximum absolute atomic E-state index is 12.9. The molecule has 0 N–H and O–H groups in total. The van der Waals surface area contributed by atoms with Crippen LogP contribution in [-0.2, 0) is 10.9 Å². The van der Waals surface area contributed by atoms with Crippen LogP contribution in [0, 0.1) is 0 Å². The van der Waals surface area contributed by atoms with Crippen LogP contribution in [0.1, 0.15) is 107 Å². The fourth-order valence-corrected chi connectivity index (χ4v) is 6.70. The van der Waals surface area contributed by atoms with E-state index in [2.05, 4.69) is 52.0 Å². The second-order valence-corrected chi connectivity index (χ2v) is 11.2. The number of Topliss-reactive ketones (excluding diaryl/α,β-unsaturated/α-hetero) is 1. The highest BCUT2D eigenvalue weighted by Gasteiger charge is 2.47. The molecule has 1 aromatic carbocycles. The molecule has 2 fully saturated rings. The lowest BCUT2D eigenvalue weighted by atomic mass is 9.83. The molecule has 0 bridgehead atoms. The van der Waals surface area contributed by atoms with E-state index in [-0.39, 0.29) is 15.6 Å². The summed E-state index contributed by atoms with van der Waals surface area (Å²) < 4.78 is -0.178. The SMILES string of the molecule is CC(C)(C(=O)c1ccc(C2CCCCC2)cc1)[S+]1CCCC1.CCCC. The van der Waals surface area contributed by atoms with Crippen molar-refractivity contribution in [2.24, 2.45) is 0 Å². The first-order valence-electron chi connectivity index (χ1n) is 10.8. The highest BCUT2D eigenvalue weighted by atomic mass is 32.2. The summed E-state index contributed by atoms with van der Waals surface area (Å²) in [6, 6.07) is 8.62. The van der Waals surface area contributed by atoms with Crippen molar-refractivity contribution in [3.63, 3.8) is 0 Å². The predicted octanol–water partition coefficient (Wildman–Crippen LogP) is 6.91. The molecule has 0 radical (unpaired) electrons. The summed E-state index contributed by atoms with van der Waals surface area (Å²) in [4.78, 5) is 12.9. The summed E-state index contributed by atoms with van der Waals surface area (Å²) in [7, 11) is 0.273. The minimum absolute atomic E-state index is 0.178. The van der Waals surface area contributed by atoms with Gasteiger partial charge in [-0.2, -0.15) is 0 Å². The summed E-state index contributed by atoms with van der Waals surface area (Å²) in [6.45, 7) is 8.69. The van der Waals surface area contributed by atoms with Crippen LogP contribution in [0.5, 0.6) is 0 Å². The van der Waals surface area contributed by atoms with E-state index in [4.69, 9.17) is 0 Å². The van der Waals surface area contributed by atoms with Gasteiger partial charge >= 0.3 is 0 Å². The van der Waals surface area contributed by atoms with Gasteiger partial charge < -0.3 is 0 Å². The number of unbranched alkanes of at least 4 members (excludes halogenated alkanes) is 1. The Labute approximate surface area is 164 Å². The Kier molecular flexibility index (Phi) is 8.73. The standard InChI is InChI=1S/C20H29OS.C4H10/c1-20(2,22-14-6-7-15-22)19(21)18-12-10-17(11-13-18)16-8-4-3-5-9-16;1-3-4-2/h10-13,16H,3-9,14-15H2,1-2H3;3-4H2,1-2H3/q+1;. The van der Waals surface area contributed by atoms with Gasteiger partial charge in [-0.05, 0) is 51.0 Å². The molecule has 2 aliphatic rings. The molecular formula is C24H39OS+. The average Bonchev–Trinajstić information content (AvgIpc) is 3.24. The third-order valence-electron chi connectivity index (χ3n) is 6.05. The average molecular weight is 376 g/mol. The van der Waals surface area contributed by atoms with Gasteiger partial charge in [-0.25, -0.2) is 0 Å². The van der Waals surface area contributed by atoms with Gasteiger partial charge in [0, 0.05) is 16.5 Å². The van der Waals surface area contributed by atoms with Crippen LogP contribution in [-0.4, -0.2) is 22.0 Å². The van der Waals surface area contributed by atoms with Gasteiger partial charge in [0.2, 0.25) is 5.78 Å². The molecule has 26 heavy (non-hydrogen) atoms. The Hall–Kier alpha value is -0.760. The summed E-state index contributed by atoms with van der Waals surface area (Å²) in [6.07, 6.45) is 12.0. The number of carbonyl (C=O) groups excluding carboxylic acids is 1. The van der Waals surface area contributed by atoms with Gasteiger partial charge in [0.25, 0.3) is 0 Å². The summed E-state index contributed by atoms with van der Waals surface area (Å²) in [5.74, 6) is 3.58. The second kappa shape index (κ2) is 10.5. The van der Waals surface area contributed by atoms with Gasteiger partial charge in [0.1, 0.15) is 11.5 Å². The highest BCUT2D eigenvalue weighted by molar-refractivity contribution is 7.99. The minimum atomic E-state index is -0.178. The molecule has 1 saturated heterocycles. The molecule has 1 aromatic rings. The Morgan fingerprint density at radius 1 is 0.923 bits per heavy atom. The van der Waals surface area contributed by atoms with Gasteiger partial charge in [0.15, 0.2) is 4.75 Å². The van der Waals surface area contributed by atoms with Crippen LogP contribution in [0.25, 0.3) is 0 Å². The monoisotopic (exact) mass is 375 g/mol. The molecule has 3 rings (SSSR count). The third kappa shape index (κ3) is 5.62. The molecule has 0 unspecified atom stereocenters. The predicted molar refractivity (Wildman–Crippen MR) is 118 cm³/mol. The molecule has 1 aliphatic carbocycles. The van der Waals surface area contributed by atoms with Crippen LogP contribution in [0.3, 0.4) is 0 Å². The summed E-state index contributed by atoms with van der Waals surface area (Å²) in [5.41, 5.74) is 2.36. The van der Waals surface area contributed by atoms with Crippen molar-refractivity contribution in [3.8, 4) is 0 Å². The number of ketones is 1. The Morgan fingerprint density at radius 3 is 1.96 bits per heavy atom. The quantitative estimate of drug-likeness (QED) is 0.403. The normalized spacial score (nSPS) is 19.1. The topological polar surface area (TPSA) is 17.1 Å². The Bertz CT molecular complexity index is 532. The molecular weight excluding hydrogens is 336 g/mol. The van der Waals surface area contributed by atoms with E-state index in [1.165, 1.54) is 74.9 Å². The molecule has 1 heterocycles. The van der Waals surface area contributed by atoms with Crippen LogP contribution in [0.4, 0.5) is 0 Å². The number of carbonyl (C=O) groups is 1. The van der Waals surface area contributed by atoms with Crippen molar-refractivity contribution >= 4 is 16.7 Å². The minimum Gasteiger partial charge on any atom is -0.288 e. The molecule has 1 saturated carbocycles. The molecule has 0 amide bonds. The van der Waals surface area contributed by atoms with Gasteiger partial charge in [-0.3, -0.25) is 4.79 Å². The van der Waals surface area contributed by atoms with Crippen LogP contribution >= 0.6 is 0 Å². The fourth-order valence-electron chi connectivity index (χ4n) is 3.99. The zero-order valence-corrected chi connectivity index (χ0v) is 18.3. The summed E-state index contributed by atoms with van der Waals surface area (Å²) >= 11 is 0. The van der Waals surface area contributed by atoms with Crippen LogP contribution in [0.15, 0.2) is 24.3 Å². The van der Waals surface area contributed by atoms with E-state index in [0.29, 0.717) is 5.78 Å².